The lowest BCUT2D eigenvalue weighted by atomic mass is 9.97. The molecular formula is C14H15BrN2O3. The van der Waals surface area contributed by atoms with Crippen LogP contribution in [0.25, 0.3) is 0 Å². The Balaban J connectivity index is 2.18. The Labute approximate surface area is 125 Å². The number of hydrogen-bond donors (Lipinski definition) is 1. The molecule has 2 rings (SSSR count). The minimum Gasteiger partial charge on any atom is -0.294 e. The van der Waals surface area contributed by atoms with Crippen molar-refractivity contribution in [2.24, 2.45) is 0 Å². The van der Waals surface area contributed by atoms with E-state index in [-0.39, 0.29) is 30.7 Å². The van der Waals surface area contributed by atoms with Crippen LogP contribution in [-0.4, -0.2) is 41.1 Å². The second-order valence-electron chi connectivity index (χ2n) is 5.23. The van der Waals surface area contributed by atoms with E-state index in [0.29, 0.717) is 5.56 Å². The summed E-state index contributed by atoms with van der Waals surface area (Å²) in [4.78, 5) is 37.1. The SMILES string of the molecule is CC1(C)C(=O)NC(=O)CN1CC(=O)c1cccc(Br)c1. The highest BCUT2D eigenvalue weighted by molar-refractivity contribution is 9.10. The van der Waals surface area contributed by atoms with Crippen LogP contribution in [0.3, 0.4) is 0 Å². The van der Waals surface area contributed by atoms with Crippen molar-refractivity contribution in [1.82, 2.24) is 10.2 Å². The predicted molar refractivity (Wildman–Crippen MR) is 77.3 cm³/mol. The number of carbonyl (C=O) groups is 3. The van der Waals surface area contributed by atoms with Gasteiger partial charge in [-0.05, 0) is 26.0 Å². The first-order chi connectivity index (χ1) is 9.30. The van der Waals surface area contributed by atoms with E-state index >= 15 is 0 Å². The molecule has 1 fully saturated rings. The number of ketones is 1. The summed E-state index contributed by atoms with van der Waals surface area (Å²) >= 11 is 3.31. The van der Waals surface area contributed by atoms with Crippen LogP contribution >= 0.6 is 15.9 Å². The maximum atomic E-state index is 12.3. The standard InChI is InChI=1S/C14H15BrN2O3/c1-14(2)13(20)16-12(19)8-17(14)7-11(18)9-4-3-5-10(15)6-9/h3-6H,7-8H2,1-2H3,(H,16,19,20). The number of Topliss-reactive ketones (excluding diaryl/α,β-unsaturated/α-hetero) is 1. The summed E-state index contributed by atoms with van der Waals surface area (Å²) in [6.07, 6.45) is 0. The van der Waals surface area contributed by atoms with Gasteiger partial charge < -0.3 is 0 Å². The average molecular weight is 339 g/mol. The lowest BCUT2D eigenvalue weighted by Crippen LogP contribution is -2.64. The second kappa shape index (κ2) is 5.46. The van der Waals surface area contributed by atoms with E-state index < -0.39 is 5.54 Å². The molecule has 1 heterocycles. The molecule has 1 saturated heterocycles. The molecule has 1 N–H and O–H groups in total. The van der Waals surface area contributed by atoms with E-state index in [1.165, 1.54) is 0 Å². The predicted octanol–water partition coefficient (Wildman–Crippen LogP) is 1.37. The highest BCUT2D eigenvalue weighted by Crippen LogP contribution is 2.19. The van der Waals surface area contributed by atoms with Gasteiger partial charge in [0.15, 0.2) is 5.78 Å². The van der Waals surface area contributed by atoms with E-state index in [2.05, 4.69) is 21.2 Å². The molecule has 1 aliphatic heterocycles. The molecule has 0 saturated carbocycles. The van der Waals surface area contributed by atoms with E-state index in [0.717, 1.165) is 4.47 Å². The highest BCUT2D eigenvalue weighted by Gasteiger charge is 2.41. The third kappa shape index (κ3) is 2.96. The molecule has 0 bridgehead atoms. The number of amides is 2. The molecule has 1 aliphatic rings. The summed E-state index contributed by atoms with van der Waals surface area (Å²) in [6, 6.07) is 7.04. The van der Waals surface area contributed by atoms with Crippen molar-refractivity contribution in [1.29, 1.82) is 0 Å². The Kier molecular flexibility index (Phi) is 4.06. The summed E-state index contributed by atoms with van der Waals surface area (Å²) in [5.74, 6) is -0.881. The Hall–Kier alpha value is -1.53. The Morgan fingerprint density at radius 1 is 1.40 bits per heavy atom. The minimum atomic E-state index is -0.879. The fourth-order valence-electron chi connectivity index (χ4n) is 2.01. The molecule has 1 aromatic carbocycles. The number of imide groups is 1. The van der Waals surface area contributed by atoms with Crippen molar-refractivity contribution in [3.8, 4) is 0 Å². The molecule has 1 aromatic rings. The van der Waals surface area contributed by atoms with Crippen molar-refractivity contribution in [3.05, 3.63) is 34.3 Å². The van der Waals surface area contributed by atoms with Gasteiger partial charge in [-0.1, -0.05) is 28.1 Å². The summed E-state index contributed by atoms with van der Waals surface area (Å²) in [7, 11) is 0. The van der Waals surface area contributed by atoms with Gasteiger partial charge >= 0.3 is 0 Å². The molecule has 106 valence electrons. The van der Waals surface area contributed by atoms with Gasteiger partial charge in [0.25, 0.3) is 0 Å². The van der Waals surface area contributed by atoms with Crippen LogP contribution in [0.4, 0.5) is 0 Å². The largest absolute Gasteiger partial charge is 0.294 e. The molecule has 6 heteroatoms. The minimum absolute atomic E-state index is 0.0304. The number of halogens is 1. The topological polar surface area (TPSA) is 66.5 Å². The molecule has 5 nitrogen and oxygen atoms in total. The molecule has 0 radical (unpaired) electrons. The number of piperazine rings is 1. The molecule has 0 spiro atoms. The fourth-order valence-corrected chi connectivity index (χ4v) is 2.41. The maximum absolute atomic E-state index is 12.3. The van der Waals surface area contributed by atoms with Crippen molar-refractivity contribution in [2.45, 2.75) is 19.4 Å². The first-order valence-corrected chi connectivity index (χ1v) is 6.98. The first kappa shape index (κ1) is 14.9. The van der Waals surface area contributed by atoms with Crippen LogP contribution in [0.5, 0.6) is 0 Å². The number of hydrogen-bond acceptors (Lipinski definition) is 4. The van der Waals surface area contributed by atoms with Crippen molar-refractivity contribution < 1.29 is 14.4 Å². The highest BCUT2D eigenvalue weighted by atomic mass is 79.9. The summed E-state index contributed by atoms with van der Waals surface area (Å²) in [5, 5.41) is 2.28. The Morgan fingerprint density at radius 3 is 2.75 bits per heavy atom. The second-order valence-corrected chi connectivity index (χ2v) is 6.14. The summed E-state index contributed by atoms with van der Waals surface area (Å²) in [6.45, 7) is 3.47. The Bertz CT molecular complexity index is 584. The smallest absolute Gasteiger partial charge is 0.246 e. The van der Waals surface area contributed by atoms with Crippen LogP contribution in [-0.2, 0) is 9.59 Å². The molecular weight excluding hydrogens is 324 g/mol. The number of nitrogens with one attached hydrogen (secondary N) is 1. The zero-order valence-corrected chi connectivity index (χ0v) is 12.9. The monoisotopic (exact) mass is 338 g/mol. The zero-order chi connectivity index (χ0) is 14.9. The lowest BCUT2D eigenvalue weighted by molar-refractivity contribution is -0.144. The van der Waals surface area contributed by atoms with Gasteiger partial charge in [-0.2, -0.15) is 0 Å². The Morgan fingerprint density at radius 2 is 2.10 bits per heavy atom. The first-order valence-electron chi connectivity index (χ1n) is 6.19. The van der Waals surface area contributed by atoms with Gasteiger partial charge in [0.1, 0.15) is 0 Å². The number of nitrogens with zero attached hydrogens (tertiary/aromatic N) is 1. The van der Waals surface area contributed by atoms with Gasteiger partial charge in [0.05, 0.1) is 18.6 Å². The molecule has 0 unspecified atom stereocenters. The van der Waals surface area contributed by atoms with Crippen LogP contribution in [0.1, 0.15) is 24.2 Å². The third-order valence-corrected chi connectivity index (χ3v) is 3.91. The van der Waals surface area contributed by atoms with E-state index in [9.17, 15) is 14.4 Å². The molecule has 0 aliphatic carbocycles. The summed E-state index contributed by atoms with van der Waals surface area (Å²) < 4.78 is 0.815. The van der Waals surface area contributed by atoms with Crippen LogP contribution < -0.4 is 5.32 Å². The number of benzene rings is 1. The van der Waals surface area contributed by atoms with Crippen molar-refractivity contribution in [2.75, 3.05) is 13.1 Å². The van der Waals surface area contributed by atoms with Gasteiger partial charge in [0.2, 0.25) is 11.8 Å². The fraction of sp³-hybridized carbons (Fsp3) is 0.357. The molecule has 20 heavy (non-hydrogen) atoms. The quantitative estimate of drug-likeness (QED) is 0.667. The van der Waals surface area contributed by atoms with E-state index in [4.69, 9.17) is 0 Å². The molecule has 0 atom stereocenters. The maximum Gasteiger partial charge on any atom is 0.246 e. The average Bonchev–Trinajstić information content (AvgIpc) is 2.36. The number of rotatable bonds is 3. The van der Waals surface area contributed by atoms with Crippen LogP contribution in [0.15, 0.2) is 28.7 Å². The van der Waals surface area contributed by atoms with Gasteiger partial charge in [-0.3, -0.25) is 24.6 Å². The van der Waals surface area contributed by atoms with E-state index in [1.54, 1.807) is 36.9 Å². The van der Waals surface area contributed by atoms with Crippen LogP contribution in [0, 0.1) is 0 Å². The molecule has 0 aromatic heterocycles. The third-order valence-electron chi connectivity index (χ3n) is 3.41. The van der Waals surface area contributed by atoms with Gasteiger partial charge in [0, 0.05) is 10.0 Å². The van der Waals surface area contributed by atoms with E-state index in [1.807, 2.05) is 6.07 Å². The molecule has 2 amide bonds. The van der Waals surface area contributed by atoms with Crippen LogP contribution in [0.2, 0.25) is 0 Å². The van der Waals surface area contributed by atoms with Gasteiger partial charge in [-0.25, -0.2) is 0 Å². The summed E-state index contributed by atoms with van der Waals surface area (Å²) in [5.41, 5.74) is -0.330. The van der Waals surface area contributed by atoms with Gasteiger partial charge in [-0.15, -0.1) is 0 Å². The zero-order valence-electron chi connectivity index (χ0n) is 11.3. The normalized spacial score (nSPS) is 18.8. The lowest BCUT2D eigenvalue weighted by Gasteiger charge is -2.39. The van der Waals surface area contributed by atoms with Crippen molar-refractivity contribution >= 4 is 33.5 Å². The van der Waals surface area contributed by atoms with Crippen molar-refractivity contribution in [3.63, 3.8) is 0 Å². The number of carbonyl (C=O) groups excluding carboxylic acids is 3.